The second kappa shape index (κ2) is 6.26. The summed E-state index contributed by atoms with van der Waals surface area (Å²) in [6.45, 7) is 2.26. The first-order valence-electron chi connectivity index (χ1n) is 6.65. The van der Waals surface area contributed by atoms with Gasteiger partial charge in [-0.15, -0.1) is 0 Å². The van der Waals surface area contributed by atoms with Gasteiger partial charge < -0.3 is 14.7 Å². The van der Waals surface area contributed by atoms with E-state index in [2.05, 4.69) is 0 Å². The molecule has 0 saturated heterocycles. The van der Waals surface area contributed by atoms with Gasteiger partial charge in [-0.2, -0.15) is 0 Å². The minimum Gasteiger partial charge on any atom is -0.483 e. The number of carboxylic acids is 1. The highest BCUT2D eigenvalue weighted by molar-refractivity contribution is 5.97. The summed E-state index contributed by atoms with van der Waals surface area (Å²) in [5.74, 6) is -1.06. The van der Waals surface area contributed by atoms with Crippen LogP contribution in [0.3, 0.4) is 0 Å². The number of aromatic carboxylic acids is 1. The number of rotatable bonds is 5. The van der Waals surface area contributed by atoms with Crippen molar-refractivity contribution in [3.8, 4) is 5.75 Å². The van der Waals surface area contributed by atoms with Crippen LogP contribution in [-0.4, -0.2) is 42.1 Å². The third kappa shape index (κ3) is 3.31. The second-order valence-corrected chi connectivity index (χ2v) is 4.70. The Labute approximate surface area is 122 Å². The normalized spacial score (nSPS) is 10.4. The van der Waals surface area contributed by atoms with Crippen molar-refractivity contribution in [1.82, 2.24) is 4.90 Å². The van der Waals surface area contributed by atoms with Gasteiger partial charge in [-0.1, -0.05) is 24.3 Å². The first-order valence-corrected chi connectivity index (χ1v) is 6.65. The van der Waals surface area contributed by atoms with Crippen LogP contribution < -0.4 is 4.74 Å². The van der Waals surface area contributed by atoms with Gasteiger partial charge in [-0.3, -0.25) is 4.79 Å². The molecule has 0 aliphatic carbocycles. The maximum Gasteiger partial charge on any atom is 0.339 e. The maximum atomic E-state index is 11.7. The predicted octanol–water partition coefficient (Wildman–Crippen LogP) is 2.40. The van der Waals surface area contributed by atoms with Gasteiger partial charge in [0.05, 0.1) is 0 Å². The molecule has 0 aliphatic heterocycles. The van der Waals surface area contributed by atoms with Crippen molar-refractivity contribution >= 4 is 22.6 Å². The van der Waals surface area contributed by atoms with E-state index in [1.54, 1.807) is 19.2 Å². The SMILES string of the molecule is CCN(C)C(=O)COc1cc2ccccc2cc1C(=O)O. The van der Waals surface area contributed by atoms with E-state index >= 15 is 0 Å². The molecule has 0 aliphatic rings. The van der Waals surface area contributed by atoms with Crippen molar-refractivity contribution in [1.29, 1.82) is 0 Å². The molecule has 0 saturated carbocycles. The Kier molecular flexibility index (Phi) is 4.42. The fourth-order valence-corrected chi connectivity index (χ4v) is 1.93. The van der Waals surface area contributed by atoms with E-state index in [9.17, 15) is 14.7 Å². The topological polar surface area (TPSA) is 66.8 Å². The number of carbonyl (C=O) groups is 2. The van der Waals surface area contributed by atoms with Gasteiger partial charge in [-0.25, -0.2) is 4.79 Å². The van der Waals surface area contributed by atoms with Crippen LogP contribution in [0.1, 0.15) is 17.3 Å². The summed E-state index contributed by atoms with van der Waals surface area (Å²) < 4.78 is 5.42. The summed E-state index contributed by atoms with van der Waals surface area (Å²) >= 11 is 0. The Hall–Kier alpha value is -2.56. The fraction of sp³-hybridized carbons (Fsp3) is 0.250. The number of carboxylic acid groups (broad SMARTS) is 1. The molecule has 5 nitrogen and oxygen atoms in total. The number of benzene rings is 2. The summed E-state index contributed by atoms with van der Waals surface area (Å²) in [6.07, 6.45) is 0. The van der Waals surface area contributed by atoms with Crippen molar-refractivity contribution in [2.45, 2.75) is 6.92 Å². The lowest BCUT2D eigenvalue weighted by molar-refractivity contribution is -0.131. The van der Waals surface area contributed by atoms with E-state index in [1.165, 1.54) is 4.90 Å². The van der Waals surface area contributed by atoms with Gasteiger partial charge in [0.25, 0.3) is 5.91 Å². The quantitative estimate of drug-likeness (QED) is 0.917. The minimum atomic E-state index is -1.08. The van der Waals surface area contributed by atoms with Crippen molar-refractivity contribution in [3.05, 3.63) is 42.0 Å². The van der Waals surface area contributed by atoms with Gasteiger partial charge in [-0.05, 0) is 29.8 Å². The monoisotopic (exact) mass is 287 g/mol. The number of hydrogen-bond donors (Lipinski definition) is 1. The van der Waals surface area contributed by atoms with E-state index < -0.39 is 5.97 Å². The molecule has 2 rings (SSSR count). The summed E-state index contributed by atoms with van der Waals surface area (Å²) in [4.78, 5) is 24.6. The molecular weight excluding hydrogens is 270 g/mol. The molecule has 0 bridgehead atoms. The third-order valence-corrected chi connectivity index (χ3v) is 3.33. The zero-order valence-corrected chi connectivity index (χ0v) is 12.0. The highest BCUT2D eigenvalue weighted by Gasteiger charge is 2.15. The van der Waals surface area contributed by atoms with Crippen molar-refractivity contribution in [2.75, 3.05) is 20.2 Å². The Bertz CT molecular complexity index is 681. The molecule has 0 aromatic heterocycles. The zero-order chi connectivity index (χ0) is 15.4. The first-order chi connectivity index (χ1) is 10.0. The van der Waals surface area contributed by atoms with Gasteiger partial charge in [0.1, 0.15) is 11.3 Å². The fourth-order valence-electron chi connectivity index (χ4n) is 1.93. The van der Waals surface area contributed by atoms with E-state index in [4.69, 9.17) is 4.74 Å². The molecule has 0 spiro atoms. The molecule has 0 radical (unpaired) electrons. The lowest BCUT2D eigenvalue weighted by Crippen LogP contribution is -2.31. The van der Waals surface area contributed by atoms with Gasteiger partial charge in [0.2, 0.25) is 0 Å². The average Bonchev–Trinajstić information content (AvgIpc) is 2.50. The van der Waals surface area contributed by atoms with Crippen LogP contribution >= 0.6 is 0 Å². The van der Waals surface area contributed by atoms with Crippen LogP contribution in [0.4, 0.5) is 0 Å². The number of nitrogens with zero attached hydrogens (tertiary/aromatic N) is 1. The number of fused-ring (bicyclic) bond motifs is 1. The third-order valence-electron chi connectivity index (χ3n) is 3.33. The first kappa shape index (κ1) is 14.8. The Morgan fingerprint density at radius 2 is 1.81 bits per heavy atom. The molecular formula is C16H17NO4. The average molecular weight is 287 g/mol. The predicted molar refractivity (Wildman–Crippen MR) is 79.7 cm³/mol. The standard InChI is InChI=1S/C16H17NO4/c1-3-17(2)15(18)10-21-14-9-12-7-5-4-6-11(12)8-13(14)16(19)20/h4-9H,3,10H2,1-2H3,(H,19,20). The second-order valence-electron chi connectivity index (χ2n) is 4.70. The summed E-state index contributed by atoms with van der Waals surface area (Å²) in [6, 6.07) is 10.6. The summed E-state index contributed by atoms with van der Waals surface area (Å²) in [5, 5.41) is 11.0. The van der Waals surface area contributed by atoms with E-state index in [1.807, 2.05) is 31.2 Å². The molecule has 2 aromatic carbocycles. The molecule has 0 atom stereocenters. The summed E-state index contributed by atoms with van der Waals surface area (Å²) in [5.41, 5.74) is 0.0562. The highest BCUT2D eigenvalue weighted by Crippen LogP contribution is 2.26. The molecule has 1 N–H and O–H groups in total. The zero-order valence-electron chi connectivity index (χ0n) is 12.0. The van der Waals surface area contributed by atoms with Crippen LogP contribution in [0.2, 0.25) is 0 Å². The Balaban J connectivity index is 2.31. The number of likely N-dealkylation sites (N-methyl/N-ethyl adjacent to an activating group) is 1. The van der Waals surface area contributed by atoms with Crippen LogP contribution in [0.25, 0.3) is 10.8 Å². The molecule has 21 heavy (non-hydrogen) atoms. The molecule has 5 heteroatoms. The smallest absolute Gasteiger partial charge is 0.339 e. The number of carbonyl (C=O) groups excluding carboxylic acids is 1. The van der Waals surface area contributed by atoms with Crippen molar-refractivity contribution in [2.24, 2.45) is 0 Å². The van der Waals surface area contributed by atoms with Crippen LogP contribution in [0, 0.1) is 0 Å². The molecule has 0 heterocycles. The summed E-state index contributed by atoms with van der Waals surface area (Å²) in [7, 11) is 1.67. The van der Waals surface area contributed by atoms with Crippen LogP contribution in [0.15, 0.2) is 36.4 Å². The lowest BCUT2D eigenvalue weighted by Gasteiger charge is -2.16. The van der Waals surface area contributed by atoms with Gasteiger partial charge >= 0.3 is 5.97 Å². The number of ether oxygens (including phenoxy) is 1. The van der Waals surface area contributed by atoms with E-state index in [0.29, 0.717) is 6.54 Å². The highest BCUT2D eigenvalue weighted by atomic mass is 16.5. The molecule has 0 fully saturated rings. The Morgan fingerprint density at radius 1 is 1.19 bits per heavy atom. The minimum absolute atomic E-state index is 0.0562. The van der Waals surface area contributed by atoms with Crippen LogP contribution in [0.5, 0.6) is 5.75 Å². The molecule has 110 valence electrons. The molecule has 2 aromatic rings. The Morgan fingerprint density at radius 3 is 2.38 bits per heavy atom. The van der Waals surface area contributed by atoms with Gasteiger partial charge in [0.15, 0.2) is 6.61 Å². The van der Waals surface area contributed by atoms with E-state index in [0.717, 1.165) is 10.8 Å². The van der Waals surface area contributed by atoms with Gasteiger partial charge in [0, 0.05) is 13.6 Å². The number of hydrogen-bond acceptors (Lipinski definition) is 3. The van der Waals surface area contributed by atoms with Crippen molar-refractivity contribution < 1.29 is 19.4 Å². The molecule has 1 amide bonds. The lowest BCUT2D eigenvalue weighted by atomic mass is 10.1. The number of amides is 1. The van der Waals surface area contributed by atoms with Crippen LogP contribution in [-0.2, 0) is 4.79 Å². The largest absolute Gasteiger partial charge is 0.483 e. The molecule has 0 unspecified atom stereocenters. The van der Waals surface area contributed by atoms with Crippen molar-refractivity contribution in [3.63, 3.8) is 0 Å². The van der Waals surface area contributed by atoms with E-state index in [-0.39, 0.29) is 23.8 Å². The maximum absolute atomic E-state index is 11.7.